The van der Waals surface area contributed by atoms with Crippen molar-refractivity contribution in [2.24, 2.45) is 0 Å². The zero-order valence-electron chi connectivity index (χ0n) is 18.7. The van der Waals surface area contributed by atoms with E-state index in [4.69, 9.17) is 27.9 Å². The van der Waals surface area contributed by atoms with Gasteiger partial charge in [0.1, 0.15) is 11.8 Å². The second-order valence-corrected chi connectivity index (χ2v) is 8.92. The number of ether oxygens (including phenoxy) is 1. The SMILES string of the molecule is C=CCn1c(SCC(=O)Nc2cc(Cl)ccc2Cl)nnc1[C@@H](CO)NC(=O)c1ccc(OC)cc1. The number of aliphatic hydroxyl groups is 1. The minimum Gasteiger partial charge on any atom is -0.497 e. The molecular formula is C23H23Cl2N5O4S. The van der Waals surface area contributed by atoms with E-state index in [0.29, 0.717) is 44.6 Å². The van der Waals surface area contributed by atoms with Crippen LogP contribution in [0.2, 0.25) is 10.0 Å². The van der Waals surface area contributed by atoms with Gasteiger partial charge in [-0.25, -0.2) is 0 Å². The van der Waals surface area contributed by atoms with Gasteiger partial charge in [-0.3, -0.25) is 9.59 Å². The number of nitrogens with zero attached hydrogens (tertiary/aromatic N) is 3. The van der Waals surface area contributed by atoms with E-state index in [0.717, 1.165) is 11.8 Å². The summed E-state index contributed by atoms with van der Waals surface area (Å²) in [6.07, 6.45) is 1.63. The van der Waals surface area contributed by atoms with E-state index in [1.54, 1.807) is 53.1 Å². The van der Waals surface area contributed by atoms with Crippen LogP contribution in [0.25, 0.3) is 0 Å². The number of carbonyl (C=O) groups excluding carboxylic acids is 2. The molecule has 184 valence electrons. The van der Waals surface area contributed by atoms with Gasteiger partial charge in [0.2, 0.25) is 5.91 Å². The number of thioether (sulfide) groups is 1. The zero-order chi connectivity index (χ0) is 25.4. The standard InChI is InChI=1S/C23H23Cl2N5O4S/c1-3-10-30-21(19(12-31)27-22(33)14-4-7-16(34-2)8-5-14)28-29-23(30)35-13-20(32)26-18-11-15(24)6-9-17(18)25/h3-9,11,19,31H,1,10,12-13H2,2H3,(H,26,32)(H,27,33)/t19-/m1/s1. The molecule has 3 aromatic rings. The fourth-order valence-corrected chi connectivity index (χ4v) is 4.14. The normalized spacial score (nSPS) is 11.5. The van der Waals surface area contributed by atoms with Crippen LogP contribution >= 0.6 is 35.0 Å². The molecule has 0 aliphatic carbocycles. The number of carbonyl (C=O) groups is 2. The van der Waals surface area contributed by atoms with Crippen molar-refractivity contribution in [3.8, 4) is 5.75 Å². The van der Waals surface area contributed by atoms with E-state index in [-0.39, 0.29) is 11.7 Å². The monoisotopic (exact) mass is 535 g/mol. The van der Waals surface area contributed by atoms with Crippen molar-refractivity contribution in [2.75, 3.05) is 24.8 Å². The van der Waals surface area contributed by atoms with Gasteiger partial charge in [-0.1, -0.05) is 41.0 Å². The summed E-state index contributed by atoms with van der Waals surface area (Å²) in [6, 6.07) is 10.5. The highest BCUT2D eigenvalue weighted by Gasteiger charge is 2.23. The lowest BCUT2D eigenvalue weighted by Gasteiger charge is -2.17. The molecule has 2 amide bonds. The van der Waals surface area contributed by atoms with E-state index in [1.807, 2.05) is 0 Å². The number of benzene rings is 2. The zero-order valence-corrected chi connectivity index (χ0v) is 21.0. The van der Waals surface area contributed by atoms with Crippen LogP contribution in [0.5, 0.6) is 5.75 Å². The third-order valence-electron chi connectivity index (χ3n) is 4.74. The van der Waals surface area contributed by atoms with Crippen molar-refractivity contribution in [3.63, 3.8) is 0 Å². The Morgan fingerprint density at radius 2 is 1.97 bits per heavy atom. The number of hydrogen-bond donors (Lipinski definition) is 3. The Kier molecular flexibility index (Phi) is 9.55. The molecule has 0 saturated heterocycles. The second kappa shape index (κ2) is 12.6. The molecule has 0 radical (unpaired) electrons. The van der Waals surface area contributed by atoms with Crippen LogP contribution in [0.1, 0.15) is 22.2 Å². The molecular weight excluding hydrogens is 513 g/mol. The lowest BCUT2D eigenvalue weighted by atomic mass is 10.2. The number of anilines is 1. The number of hydrogen-bond acceptors (Lipinski definition) is 7. The van der Waals surface area contributed by atoms with Crippen LogP contribution in [0, 0.1) is 0 Å². The summed E-state index contributed by atoms with van der Waals surface area (Å²) in [6.45, 7) is 3.64. The smallest absolute Gasteiger partial charge is 0.251 e. The van der Waals surface area contributed by atoms with Gasteiger partial charge in [0, 0.05) is 17.1 Å². The number of nitrogens with one attached hydrogen (secondary N) is 2. The Labute approximate surface area is 216 Å². The molecule has 9 nitrogen and oxygen atoms in total. The average molecular weight is 536 g/mol. The summed E-state index contributed by atoms with van der Waals surface area (Å²) in [5.41, 5.74) is 0.796. The van der Waals surface area contributed by atoms with Crippen LogP contribution in [-0.2, 0) is 11.3 Å². The quantitative estimate of drug-likeness (QED) is 0.251. The summed E-state index contributed by atoms with van der Waals surface area (Å²) in [5.74, 6) is 0.247. The number of allylic oxidation sites excluding steroid dienone is 1. The summed E-state index contributed by atoms with van der Waals surface area (Å²) in [7, 11) is 1.54. The molecule has 0 aliphatic heterocycles. The Morgan fingerprint density at radius 3 is 2.63 bits per heavy atom. The first-order chi connectivity index (χ1) is 16.9. The minimum atomic E-state index is -0.828. The highest BCUT2D eigenvalue weighted by atomic mass is 35.5. The van der Waals surface area contributed by atoms with E-state index < -0.39 is 18.6 Å². The molecule has 35 heavy (non-hydrogen) atoms. The number of methoxy groups -OCH3 is 1. The molecule has 3 N–H and O–H groups in total. The Morgan fingerprint density at radius 1 is 1.23 bits per heavy atom. The molecule has 2 aromatic carbocycles. The van der Waals surface area contributed by atoms with Gasteiger partial charge in [-0.2, -0.15) is 0 Å². The first-order valence-corrected chi connectivity index (χ1v) is 12.1. The molecule has 3 rings (SSSR count). The molecule has 0 aliphatic rings. The Bertz CT molecular complexity index is 1200. The fourth-order valence-electron chi connectivity index (χ4n) is 3.05. The third-order valence-corrected chi connectivity index (χ3v) is 6.28. The molecule has 0 bridgehead atoms. The Balaban J connectivity index is 1.71. The van der Waals surface area contributed by atoms with Crippen molar-refractivity contribution in [2.45, 2.75) is 17.7 Å². The molecule has 0 unspecified atom stereocenters. The predicted molar refractivity (Wildman–Crippen MR) is 136 cm³/mol. The van der Waals surface area contributed by atoms with E-state index in [1.165, 1.54) is 7.11 Å². The maximum atomic E-state index is 12.7. The maximum Gasteiger partial charge on any atom is 0.251 e. The van der Waals surface area contributed by atoms with E-state index in [2.05, 4.69) is 27.4 Å². The van der Waals surface area contributed by atoms with Gasteiger partial charge in [-0.05, 0) is 42.5 Å². The number of aromatic nitrogens is 3. The van der Waals surface area contributed by atoms with Crippen molar-refractivity contribution in [1.29, 1.82) is 0 Å². The van der Waals surface area contributed by atoms with Gasteiger partial charge in [-0.15, -0.1) is 16.8 Å². The highest BCUT2D eigenvalue weighted by Crippen LogP contribution is 2.26. The van der Waals surface area contributed by atoms with Crippen LogP contribution in [0.15, 0.2) is 60.3 Å². The number of amides is 2. The first kappa shape index (κ1) is 26.6. The van der Waals surface area contributed by atoms with Crippen molar-refractivity contribution in [3.05, 3.63) is 76.6 Å². The largest absolute Gasteiger partial charge is 0.497 e. The van der Waals surface area contributed by atoms with Gasteiger partial charge in [0.05, 0.1) is 30.2 Å². The van der Waals surface area contributed by atoms with Crippen LogP contribution in [0.4, 0.5) is 5.69 Å². The summed E-state index contributed by atoms with van der Waals surface area (Å²) in [4.78, 5) is 25.1. The molecule has 1 aromatic heterocycles. The predicted octanol–water partition coefficient (Wildman–Crippen LogP) is 3.97. The van der Waals surface area contributed by atoms with Crippen LogP contribution in [-0.4, -0.2) is 51.2 Å². The number of halogens is 2. The number of rotatable bonds is 11. The minimum absolute atomic E-state index is 0.0140. The number of aliphatic hydroxyl groups excluding tert-OH is 1. The summed E-state index contributed by atoms with van der Waals surface area (Å²) < 4.78 is 6.78. The van der Waals surface area contributed by atoms with Crippen molar-refractivity contribution in [1.82, 2.24) is 20.1 Å². The first-order valence-electron chi connectivity index (χ1n) is 10.3. The van der Waals surface area contributed by atoms with Gasteiger partial charge in [0.25, 0.3) is 5.91 Å². The topological polar surface area (TPSA) is 118 Å². The van der Waals surface area contributed by atoms with Crippen molar-refractivity contribution >= 4 is 52.5 Å². The lowest BCUT2D eigenvalue weighted by Crippen LogP contribution is -2.33. The molecule has 12 heteroatoms. The lowest BCUT2D eigenvalue weighted by molar-refractivity contribution is -0.113. The van der Waals surface area contributed by atoms with Gasteiger partial charge in [0.15, 0.2) is 11.0 Å². The molecule has 0 spiro atoms. The summed E-state index contributed by atoms with van der Waals surface area (Å²) >= 11 is 13.2. The Hall–Kier alpha value is -3.05. The second-order valence-electron chi connectivity index (χ2n) is 7.14. The van der Waals surface area contributed by atoms with Crippen LogP contribution in [0.3, 0.4) is 0 Å². The van der Waals surface area contributed by atoms with Gasteiger partial charge >= 0.3 is 0 Å². The molecule has 1 heterocycles. The molecule has 0 fully saturated rings. The highest BCUT2D eigenvalue weighted by molar-refractivity contribution is 7.99. The van der Waals surface area contributed by atoms with E-state index in [9.17, 15) is 14.7 Å². The fraction of sp³-hybridized carbons (Fsp3) is 0.217. The molecule has 0 saturated carbocycles. The van der Waals surface area contributed by atoms with Crippen molar-refractivity contribution < 1.29 is 19.4 Å². The maximum absolute atomic E-state index is 12.7. The van der Waals surface area contributed by atoms with Gasteiger partial charge < -0.3 is 25.0 Å². The summed E-state index contributed by atoms with van der Waals surface area (Å²) in [5, 5.41) is 24.9. The third kappa shape index (κ3) is 6.98. The van der Waals surface area contributed by atoms with E-state index >= 15 is 0 Å². The van der Waals surface area contributed by atoms with Crippen LogP contribution < -0.4 is 15.4 Å². The average Bonchev–Trinajstić information content (AvgIpc) is 3.26. The molecule has 1 atom stereocenters.